The van der Waals surface area contributed by atoms with Gasteiger partial charge >= 0.3 is 0 Å². The second-order valence-corrected chi connectivity index (χ2v) is 4.68. The molecule has 84 valence electrons. The van der Waals surface area contributed by atoms with Crippen LogP contribution in [0.1, 0.15) is 6.42 Å². The number of imidazole rings is 1. The van der Waals surface area contributed by atoms with E-state index in [2.05, 4.69) is 27.5 Å². The summed E-state index contributed by atoms with van der Waals surface area (Å²) in [5, 5.41) is 0. The third-order valence-corrected chi connectivity index (χ3v) is 3.30. The van der Waals surface area contributed by atoms with Crippen molar-refractivity contribution >= 4 is 39.2 Å². The standard InChI is InChI=1S/C11H10BrFN2S/c1-2-3-4-15-10-6-8(13)7(12)5-9(10)14-11(15)16/h2,5-6H,1,3-4H2,(H,14,16). The molecule has 16 heavy (non-hydrogen) atoms. The minimum atomic E-state index is -0.283. The first kappa shape index (κ1) is 11.5. The summed E-state index contributed by atoms with van der Waals surface area (Å²) in [5.41, 5.74) is 1.62. The summed E-state index contributed by atoms with van der Waals surface area (Å²) in [6.45, 7) is 4.37. The number of rotatable bonds is 3. The fourth-order valence-corrected chi connectivity index (χ4v) is 2.24. The van der Waals surface area contributed by atoms with Crippen molar-refractivity contribution in [3.63, 3.8) is 0 Å². The van der Waals surface area contributed by atoms with Crippen LogP contribution in [0.4, 0.5) is 4.39 Å². The number of benzene rings is 1. The molecule has 0 amide bonds. The lowest BCUT2D eigenvalue weighted by molar-refractivity contribution is 0.621. The van der Waals surface area contributed by atoms with E-state index in [9.17, 15) is 4.39 Å². The average molecular weight is 301 g/mol. The van der Waals surface area contributed by atoms with Gasteiger partial charge in [-0.3, -0.25) is 0 Å². The Morgan fingerprint density at radius 2 is 2.31 bits per heavy atom. The van der Waals surface area contributed by atoms with E-state index in [1.54, 1.807) is 6.07 Å². The lowest BCUT2D eigenvalue weighted by atomic mass is 10.3. The molecule has 2 aromatic rings. The van der Waals surface area contributed by atoms with Gasteiger partial charge in [0, 0.05) is 12.6 Å². The number of hydrogen-bond donors (Lipinski definition) is 1. The van der Waals surface area contributed by atoms with Gasteiger partial charge in [0.1, 0.15) is 5.82 Å². The van der Waals surface area contributed by atoms with E-state index in [0.29, 0.717) is 15.8 Å². The van der Waals surface area contributed by atoms with Crippen LogP contribution in [0.2, 0.25) is 0 Å². The maximum absolute atomic E-state index is 13.4. The summed E-state index contributed by atoms with van der Waals surface area (Å²) in [6.07, 6.45) is 2.62. The van der Waals surface area contributed by atoms with Crippen LogP contribution in [0.25, 0.3) is 11.0 Å². The van der Waals surface area contributed by atoms with Crippen LogP contribution in [0, 0.1) is 10.6 Å². The first-order valence-electron chi connectivity index (χ1n) is 4.82. The van der Waals surface area contributed by atoms with Crippen molar-refractivity contribution in [2.45, 2.75) is 13.0 Å². The zero-order valence-corrected chi connectivity index (χ0v) is 10.9. The van der Waals surface area contributed by atoms with Gasteiger partial charge in [-0.25, -0.2) is 4.39 Å². The second-order valence-electron chi connectivity index (χ2n) is 3.44. The van der Waals surface area contributed by atoms with Crippen LogP contribution in [0.15, 0.2) is 29.3 Å². The van der Waals surface area contributed by atoms with Gasteiger partial charge in [0.15, 0.2) is 4.77 Å². The summed E-state index contributed by atoms with van der Waals surface area (Å²) >= 11 is 8.34. The van der Waals surface area contributed by atoms with Crippen LogP contribution < -0.4 is 0 Å². The van der Waals surface area contributed by atoms with Gasteiger partial charge in [-0.1, -0.05) is 6.08 Å². The SMILES string of the molecule is C=CCCn1c(=S)[nH]c2cc(Br)c(F)cc21. The van der Waals surface area contributed by atoms with E-state index in [-0.39, 0.29) is 5.82 Å². The first-order chi connectivity index (χ1) is 7.63. The first-order valence-corrected chi connectivity index (χ1v) is 6.02. The molecule has 0 bridgehead atoms. The summed E-state index contributed by atoms with van der Waals surface area (Å²) < 4.78 is 16.4. The molecule has 0 unspecified atom stereocenters. The highest BCUT2D eigenvalue weighted by molar-refractivity contribution is 9.10. The molecule has 0 atom stereocenters. The van der Waals surface area contributed by atoms with Gasteiger partial charge in [-0.2, -0.15) is 0 Å². The zero-order chi connectivity index (χ0) is 11.7. The minimum Gasteiger partial charge on any atom is -0.331 e. The van der Waals surface area contributed by atoms with E-state index in [1.165, 1.54) is 6.07 Å². The Balaban J connectivity index is 2.64. The molecule has 1 aromatic carbocycles. The molecule has 0 aliphatic rings. The summed E-state index contributed by atoms with van der Waals surface area (Å²) in [5.74, 6) is -0.283. The van der Waals surface area contributed by atoms with Gasteiger partial charge < -0.3 is 9.55 Å². The Morgan fingerprint density at radius 1 is 1.56 bits per heavy atom. The molecular weight excluding hydrogens is 291 g/mol. The Bertz CT molecular complexity index is 600. The highest BCUT2D eigenvalue weighted by atomic mass is 79.9. The molecule has 0 spiro atoms. The third-order valence-electron chi connectivity index (χ3n) is 2.37. The van der Waals surface area contributed by atoms with E-state index in [0.717, 1.165) is 17.5 Å². The van der Waals surface area contributed by atoms with Crippen molar-refractivity contribution in [2.24, 2.45) is 0 Å². The molecule has 1 aromatic heterocycles. The molecule has 0 radical (unpaired) electrons. The molecule has 0 aliphatic heterocycles. The number of nitrogens with zero attached hydrogens (tertiary/aromatic N) is 1. The molecule has 0 aliphatic carbocycles. The molecule has 0 saturated heterocycles. The summed E-state index contributed by atoms with van der Waals surface area (Å²) in [6, 6.07) is 3.18. The van der Waals surface area contributed by atoms with Crippen LogP contribution in [0.3, 0.4) is 0 Å². The number of nitrogens with one attached hydrogen (secondary N) is 1. The average Bonchev–Trinajstić information content (AvgIpc) is 2.52. The Labute approximate surface area is 106 Å². The van der Waals surface area contributed by atoms with Gasteiger partial charge in [0.2, 0.25) is 0 Å². The second kappa shape index (κ2) is 4.51. The maximum atomic E-state index is 13.4. The lowest BCUT2D eigenvalue weighted by Crippen LogP contribution is -1.96. The van der Waals surface area contributed by atoms with Gasteiger partial charge in [0.25, 0.3) is 0 Å². The molecule has 2 nitrogen and oxygen atoms in total. The van der Waals surface area contributed by atoms with Crippen molar-refractivity contribution in [1.82, 2.24) is 9.55 Å². The number of hydrogen-bond acceptors (Lipinski definition) is 1. The van der Waals surface area contributed by atoms with Crippen LogP contribution in [0.5, 0.6) is 0 Å². The summed E-state index contributed by atoms with van der Waals surface area (Å²) in [7, 11) is 0. The molecule has 0 fully saturated rings. The predicted molar refractivity (Wildman–Crippen MR) is 69.6 cm³/mol. The monoisotopic (exact) mass is 300 g/mol. The molecule has 2 rings (SSSR count). The highest BCUT2D eigenvalue weighted by Crippen LogP contribution is 2.23. The number of allylic oxidation sites excluding steroid dienone is 1. The normalized spacial score (nSPS) is 10.9. The van der Waals surface area contributed by atoms with Crippen LogP contribution in [-0.2, 0) is 6.54 Å². The highest BCUT2D eigenvalue weighted by Gasteiger charge is 2.07. The van der Waals surface area contributed by atoms with Gasteiger partial charge in [-0.05, 0) is 40.6 Å². The van der Waals surface area contributed by atoms with Crippen molar-refractivity contribution in [2.75, 3.05) is 0 Å². The Kier molecular flexibility index (Phi) is 3.25. The van der Waals surface area contributed by atoms with E-state index >= 15 is 0 Å². The van der Waals surface area contributed by atoms with Gasteiger partial charge in [-0.15, -0.1) is 6.58 Å². The van der Waals surface area contributed by atoms with E-state index in [4.69, 9.17) is 12.2 Å². The number of aryl methyl sites for hydroxylation is 1. The largest absolute Gasteiger partial charge is 0.331 e. The van der Waals surface area contributed by atoms with E-state index in [1.807, 2.05) is 10.6 Å². The molecule has 1 N–H and O–H groups in total. The van der Waals surface area contributed by atoms with Gasteiger partial charge in [0.05, 0.1) is 15.5 Å². The van der Waals surface area contributed by atoms with E-state index < -0.39 is 0 Å². The number of fused-ring (bicyclic) bond motifs is 1. The third kappa shape index (κ3) is 1.97. The topological polar surface area (TPSA) is 20.7 Å². The smallest absolute Gasteiger partial charge is 0.178 e. The predicted octanol–water partition coefficient (Wildman–Crippen LogP) is 4.18. The molecule has 1 heterocycles. The maximum Gasteiger partial charge on any atom is 0.178 e. The van der Waals surface area contributed by atoms with Crippen molar-refractivity contribution in [3.05, 3.63) is 39.8 Å². The molecular formula is C11H10BrFN2S. The molecule has 0 saturated carbocycles. The minimum absolute atomic E-state index is 0.283. The van der Waals surface area contributed by atoms with Crippen molar-refractivity contribution in [3.8, 4) is 0 Å². The summed E-state index contributed by atoms with van der Waals surface area (Å²) in [4.78, 5) is 3.05. The van der Waals surface area contributed by atoms with Crippen molar-refractivity contribution in [1.29, 1.82) is 0 Å². The zero-order valence-electron chi connectivity index (χ0n) is 8.46. The lowest BCUT2D eigenvalue weighted by Gasteiger charge is -2.02. The quantitative estimate of drug-likeness (QED) is 0.666. The Hall–Kier alpha value is -0.940. The fraction of sp³-hybridized carbons (Fsp3) is 0.182. The number of H-pyrrole nitrogens is 1. The molecule has 5 heteroatoms. The van der Waals surface area contributed by atoms with Crippen LogP contribution in [-0.4, -0.2) is 9.55 Å². The Morgan fingerprint density at radius 3 is 3.00 bits per heavy atom. The number of halogens is 2. The number of aromatic nitrogens is 2. The number of aromatic amines is 1. The van der Waals surface area contributed by atoms with Crippen molar-refractivity contribution < 1.29 is 4.39 Å². The fourth-order valence-electron chi connectivity index (χ4n) is 1.59. The van der Waals surface area contributed by atoms with Crippen LogP contribution >= 0.6 is 28.1 Å².